The van der Waals surface area contributed by atoms with E-state index in [1.165, 1.54) is 0 Å². The number of ether oxygens (including phenoxy) is 1. The summed E-state index contributed by atoms with van der Waals surface area (Å²) in [6.45, 7) is 9.31. The van der Waals surface area contributed by atoms with Crippen LogP contribution in [0.15, 0.2) is 34.7 Å². The van der Waals surface area contributed by atoms with Crippen LogP contribution in [0.2, 0.25) is 0 Å². The van der Waals surface area contributed by atoms with Crippen LogP contribution in [0.25, 0.3) is 11.0 Å². The molecular formula is C17H25NO2. The van der Waals surface area contributed by atoms with E-state index < -0.39 is 0 Å². The Bertz CT molecular complexity index is 520. The van der Waals surface area contributed by atoms with Crippen LogP contribution in [0, 0.1) is 5.41 Å². The third kappa shape index (κ3) is 3.05. The van der Waals surface area contributed by atoms with E-state index in [-0.39, 0.29) is 17.6 Å². The van der Waals surface area contributed by atoms with Gasteiger partial charge in [0, 0.05) is 12.0 Å². The summed E-state index contributed by atoms with van der Waals surface area (Å²) in [4.78, 5) is 0. The Morgan fingerprint density at radius 2 is 1.95 bits per heavy atom. The second-order valence-corrected chi connectivity index (χ2v) is 6.19. The molecular weight excluding hydrogens is 250 g/mol. The van der Waals surface area contributed by atoms with Gasteiger partial charge < -0.3 is 14.5 Å². The zero-order chi connectivity index (χ0) is 14.8. The highest BCUT2D eigenvalue weighted by Gasteiger charge is 2.35. The average Bonchev–Trinajstić information content (AvgIpc) is 2.81. The predicted octanol–water partition coefficient (Wildman–Crippen LogP) is 4.14. The first-order valence-electron chi connectivity index (χ1n) is 7.24. The first-order chi connectivity index (χ1) is 9.47. The van der Waals surface area contributed by atoms with Crippen LogP contribution in [-0.4, -0.2) is 19.8 Å². The van der Waals surface area contributed by atoms with E-state index in [0.29, 0.717) is 6.61 Å². The molecule has 1 aromatic heterocycles. The van der Waals surface area contributed by atoms with E-state index in [2.05, 4.69) is 38.2 Å². The van der Waals surface area contributed by atoms with Gasteiger partial charge in [0.05, 0.1) is 12.1 Å². The van der Waals surface area contributed by atoms with Crippen LogP contribution in [-0.2, 0) is 4.74 Å². The van der Waals surface area contributed by atoms with Crippen molar-refractivity contribution in [1.29, 1.82) is 0 Å². The fourth-order valence-electron chi connectivity index (χ4n) is 2.62. The molecule has 2 atom stereocenters. The molecule has 3 heteroatoms. The molecule has 0 aliphatic rings. The number of nitrogens with one attached hydrogen (secondary N) is 1. The normalized spacial score (nSPS) is 15.4. The summed E-state index contributed by atoms with van der Waals surface area (Å²) < 4.78 is 12.0. The number of likely N-dealkylation sites (N-methyl/N-ethyl adjacent to an activating group) is 1. The summed E-state index contributed by atoms with van der Waals surface area (Å²) >= 11 is 0. The lowest BCUT2D eigenvalue weighted by Gasteiger charge is -2.35. The molecule has 0 aliphatic carbocycles. The van der Waals surface area contributed by atoms with Gasteiger partial charge >= 0.3 is 0 Å². The maximum absolute atomic E-state index is 6.00. The van der Waals surface area contributed by atoms with Gasteiger partial charge in [0.1, 0.15) is 11.3 Å². The maximum atomic E-state index is 6.00. The number of para-hydroxylation sites is 1. The second-order valence-electron chi connectivity index (χ2n) is 6.19. The van der Waals surface area contributed by atoms with E-state index in [1.54, 1.807) is 0 Å². The second kappa shape index (κ2) is 5.98. The van der Waals surface area contributed by atoms with Crippen LogP contribution >= 0.6 is 0 Å². The Balaban J connectivity index is 2.38. The number of hydrogen-bond acceptors (Lipinski definition) is 3. The van der Waals surface area contributed by atoms with Crippen LogP contribution < -0.4 is 5.32 Å². The van der Waals surface area contributed by atoms with E-state index in [0.717, 1.165) is 16.7 Å². The Morgan fingerprint density at radius 3 is 2.50 bits per heavy atom. The van der Waals surface area contributed by atoms with E-state index in [4.69, 9.17) is 9.15 Å². The van der Waals surface area contributed by atoms with Crippen LogP contribution in [0.1, 0.15) is 39.5 Å². The summed E-state index contributed by atoms with van der Waals surface area (Å²) in [5.74, 6) is 0.932. The lowest BCUT2D eigenvalue weighted by Crippen LogP contribution is -2.40. The molecule has 0 aliphatic heterocycles. The van der Waals surface area contributed by atoms with Crippen molar-refractivity contribution >= 4 is 11.0 Å². The Kier molecular flexibility index (Phi) is 4.51. The van der Waals surface area contributed by atoms with Crippen molar-refractivity contribution in [2.75, 3.05) is 13.7 Å². The molecule has 1 N–H and O–H groups in total. The summed E-state index contributed by atoms with van der Waals surface area (Å²) in [6, 6.07) is 10.2. The standard InChI is InChI=1S/C17H25NO2/c1-6-19-16(17(2,3)4)15(18-5)14-11-12-9-7-8-10-13(12)20-14/h7-11,15-16,18H,6H2,1-5H3. The molecule has 0 fully saturated rings. The molecule has 0 bridgehead atoms. The number of benzene rings is 1. The van der Waals surface area contributed by atoms with Gasteiger partial charge in [0.2, 0.25) is 0 Å². The lowest BCUT2D eigenvalue weighted by atomic mass is 9.83. The van der Waals surface area contributed by atoms with Crippen molar-refractivity contribution in [3.8, 4) is 0 Å². The van der Waals surface area contributed by atoms with Gasteiger partial charge in [0.25, 0.3) is 0 Å². The minimum Gasteiger partial charge on any atom is -0.459 e. The highest BCUT2D eigenvalue weighted by atomic mass is 16.5. The average molecular weight is 275 g/mol. The molecule has 20 heavy (non-hydrogen) atoms. The van der Waals surface area contributed by atoms with Crippen LogP contribution in [0.4, 0.5) is 0 Å². The Hall–Kier alpha value is -1.32. The molecule has 1 aromatic carbocycles. The van der Waals surface area contributed by atoms with Gasteiger partial charge in [-0.05, 0) is 31.5 Å². The molecule has 0 spiro atoms. The van der Waals surface area contributed by atoms with Gasteiger partial charge in [-0.15, -0.1) is 0 Å². The van der Waals surface area contributed by atoms with Gasteiger partial charge in [-0.25, -0.2) is 0 Å². The predicted molar refractivity (Wildman–Crippen MR) is 82.9 cm³/mol. The van der Waals surface area contributed by atoms with Gasteiger partial charge in [-0.1, -0.05) is 39.0 Å². The minimum atomic E-state index is 0.0304. The number of rotatable bonds is 5. The van der Waals surface area contributed by atoms with Gasteiger partial charge in [0.15, 0.2) is 0 Å². The van der Waals surface area contributed by atoms with Crippen molar-refractivity contribution in [1.82, 2.24) is 5.32 Å². The number of fused-ring (bicyclic) bond motifs is 1. The van der Waals surface area contributed by atoms with Crippen LogP contribution in [0.3, 0.4) is 0 Å². The molecule has 1 heterocycles. The van der Waals surface area contributed by atoms with Crippen molar-refractivity contribution < 1.29 is 9.15 Å². The third-order valence-corrected chi connectivity index (χ3v) is 3.56. The maximum Gasteiger partial charge on any atom is 0.134 e. The van der Waals surface area contributed by atoms with Crippen molar-refractivity contribution in [2.24, 2.45) is 5.41 Å². The zero-order valence-corrected chi connectivity index (χ0v) is 13.1. The molecule has 110 valence electrons. The van der Waals surface area contributed by atoms with E-state index in [9.17, 15) is 0 Å². The highest BCUT2D eigenvalue weighted by Crippen LogP contribution is 2.34. The largest absolute Gasteiger partial charge is 0.459 e. The highest BCUT2D eigenvalue weighted by molar-refractivity contribution is 5.77. The molecule has 0 radical (unpaired) electrons. The Morgan fingerprint density at radius 1 is 1.25 bits per heavy atom. The molecule has 0 saturated carbocycles. The lowest BCUT2D eigenvalue weighted by molar-refractivity contribution is -0.0390. The first-order valence-corrected chi connectivity index (χ1v) is 7.24. The molecule has 2 aromatic rings. The molecule has 2 rings (SSSR count). The summed E-state index contributed by atoms with van der Waals surface area (Å²) in [7, 11) is 1.95. The van der Waals surface area contributed by atoms with Crippen molar-refractivity contribution in [3.63, 3.8) is 0 Å². The minimum absolute atomic E-state index is 0.0304. The topological polar surface area (TPSA) is 34.4 Å². The zero-order valence-electron chi connectivity index (χ0n) is 13.1. The number of furan rings is 1. The van der Waals surface area contributed by atoms with Crippen LogP contribution in [0.5, 0.6) is 0 Å². The summed E-state index contributed by atoms with van der Waals surface area (Å²) in [5.41, 5.74) is 0.953. The van der Waals surface area contributed by atoms with E-state index in [1.807, 2.05) is 32.2 Å². The molecule has 3 nitrogen and oxygen atoms in total. The monoisotopic (exact) mass is 275 g/mol. The van der Waals surface area contributed by atoms with E-state index >= 15 is 0 Å². The molecule has 2 unspecified atom stereocenters. The Labute approximate surface area is 121 Å². The fourth-order valence-corrected chi connectivity index (χ4v) is 2.62. The SMILES string of the molecule is CCOC(C(NC)c1cc2ccccc2o1)C(C)(C)C. The first kappa shape index (κ1) is 15.1. The smallest absolute Gasteiger partial charge is 0.134 e. The van der Waals surface area contributed by atoms with Gasteiger partial charge in [-0.2, -0.15) is 0 Å². The fraction of sp³-hybridized carbons (Fsp3) is 0.529. The quantitative estimate of drug-likeness (QED) is 0.890. The van der Waals surface area contributed by atoms with Gasteiger partial charge in [-0.3, -0.25) is 0 Å². The number of hydrogen-bond donors (Lipinski definition) is 1. The van der Waals surface area contributed by atoms with Crippen molar-refractivity contribution in [2.45, 2.75) is 39.8 Å². The summed E-state index contributed by atoms with van der Waals surface area (Å²) in [6.07, 6.45) is 0.0538. The summed E-state index contributed by atoms with van der Waals surface area (Å²) in [5, 5.41) is 4.48. The third-order valence-electron chi connectivity index (χ3n) is 3.56. The molecule has 0 amide bonds. The molecule has 0 saturated heterocycles. The van der Waals surface area contributed by atoms with Crippen molar-refractivity contribution in [3.05, 3.63) is 36.1 Å².